The number of nitrogens with one attached hydrogen (secondary N) is 1. The SMILES string of the molecule is COC(CN)C(=O)NCc1ccc(C(F)(F)F)cc1.Cl. The Hall–Kier alpha value is -1.31. The van der Waals surface area contributed by atoms with Crippen LogP contribution in [0.25, 0.3) is 0 Å². The van der Waals surface area contributed by atoms with Gasteiger partial charge in [0.1, 0.15) is 6.10 Å². The molecule has 1 amide bonds. The summed E-state index contributed by atoms with van der Waals surface area (Å²) in [7, 11) is 1.36. The molecule has 0 saturated carbocycles. The number of hydrogen-bond acceptors (Lipinski definition) is 3. The van der Waals surface area contributed by atoms with Crippen LogP contribution < -0.4 is 11.1 Å². The number of carbonyl (C=O) groups excluding carboxylic acids is 1. The summed E-state index contributed by atoms with van der Waals surface area (Å²) in [5.41, 5.74) is 5.15. The zero-order chi connectivity index (χ0) is 14.5. The average Bonchev–Trinajstić information content (AvgIpc) is 2.37. The Bertz CT molecular complexity index is 420. The number of hydrogen-bond donors (Lipinski definition) is 2. The van der Waals surface area contributed by atoms with Crippen molar-refractivity contribution in [3.05, 3.63) is 35.4 Å². The van der Waals surface area contributed by atoms with Gasteiger partial charge >= 0.3 is 6.18 Å². The number of methoxy groups -OCH3 is 1. The van der Waals surface area contributed by atoms with Crippen molar-refractivity contribution in [2.24, 2.45) is 5.73 Å². The molecular weight excluding hydrogens is 297 g/mol. The van der Waals surface area contributed by atoms with Crippen LogP contribution in [-0.2, 0) is 22.3 Å². The van der Waals surface area contributed by atoms with Crippen LogP contribution in [0, 0.1) is 0 Å². The summed E-state index contributed by atoms with van der Waals surface area (Å²) in [4.78, 5) is 11.5. The first-order chi connectivity index (χ1) is 8.88. The molecule has 114 valence electrons. The Labute approximate surface area is 120 Å². The standard InChI is InChI=1S/C12H15F3N2O2.ClH/c1-19-10(6-16)11(18)17-7-8-2-4-9(5-3-8)12(13,14)15;/h2-5,10H,6-7,16H2,1H3,(H,17,18);1H. The highest BCUT2D eigenvalue weighted by atomic mass is 35.5. The molecule has 20 heavy (non-hydrogen) atoms. The third-order valence-corrected chi connectivity index (χ3v) is 2.54. The van der Waals surface area contributed by atoms with Gasteiger partial charge in [-0.1, -0.05) is 12.1 Å². The predicted molar refractivity (Wildman–Crippen MR) is 70.4 cm³/mol. The lowest BCUT2D eigenvalue weighted by Gasteiger charge is -2.13. The largest absolute Gasteiger partial charge is 0.416 e. The zero-order valence-electron chi connectivity index (χ0n) is 10.7. The molecule has 0 fully saturated rings. The van der Waals surface area contributed by atoms with E-state index in [2.05, 4.69) is 5.32 Å². The molecule has 0 aliphatic carbocycles. The van der Waals surface area contributed by atoms with E-state index in [0.717, 1.165) is 12.1 Å². The fraction of sp³-hybridized carbons (Fsp3) is 0.417. The number of amides is 1. The van der Waals surface area contributed by atoms with Crippen molar-refractivity contribution in [3.8, 4) is 0 Å². The van der Waals surface area contributed by atoms with Gasteiger partial charge in [-0.3, -0.25) is 4.79 Å². The molecule has 0 aromatic heterocycles. The van der Waals surface area contributed by atoms with Gasteiger partial charge < -0.3 is 15.8 Å². The van der Waals surface area contributed by atoms with E-state index >= 15 is 0 Å². The van der Waals surface area contributed by atoms with Crippen molar-refractivity contribution in [1.82, 2.24) is 5.32 Å². The van der Waals surface area contributed by atoms with Crippen LogP contribution in [0.1, 0.15) is 11.1 Å². The minimum Gasteiger partial charge on any atom is -0.370 e. The summed E-state index contributed by atoms with van der Waals surface area (Å²) in [6.07, 6.45) is -5.11. The second-order valence-corrected chi connectivity index (χ2v) is 3.87. The quantitative estimate of drug-likeness (QED) is 0.870. The molecule has 0 heterocycles. The van der Waals surface area contributed by atoms with Gasteiger partial charge in [-0.2, -0.15) is 13.2 Å². The number of benzene rings is 1. The number of halogens is 4. The van der Waals surface area contributed by atoms with E-state index in [1.807, 2.05) is 0 Å². The lowest BCUT2D eigenvalue weighted by atomic mass is 10.1. The minimum absolute atomic E-state index is 0. The van der Waals surface area contributed by atoms with Crippen molar-refractivity contribution in [2.45, 2.75) is 18.8 Å². The van der Waals surface area contributed by atoms with Gasteiger partial charge in [0.2, 0.25) is 0 Å². The molecule has 0 bridgehead atoms. The molecule has 8 heteroatoms. The van der Waals surface area contributed by atoms with Crippen LogP contribution in [-0.4, -0.2) is 25.7 Å². The number of alkyl halides is 3. The fourth-order valence-electron chi connectivity index (χ4n) is 1.42. The first kappa shape index (κ1) is 18.7. The molecule has 0 aliphatic heterocycles. The summed E-state index contributed by atoms with van der Waals surface area (Å²) < 4.78 is 41.8. The van der Waals surface area contributed by atoms with Gasteiger partial charge in [-0.15, -0.1) is 12.4 Å². The highest BCUT2D eigenvalue weighted by molar-refractivity contribution is 5.85. The Kier molecular flexibility index (Phi) is 7.55. The topological polar surface area (TPSA) is 64.3 Å². The summed E-state index contributed by atoms with van der Waals surface area (Å²) >= 11 is 0. The highest BCUT2D eigenvalue weighted by Crippen LogP contribution is 2.28. The molecule has 0 aliphatic rings. The second-order valence-electron chi connectivity index (χ2n) is 3.87. The number of rotatable bonds is 5. The molecule has 4 nitrogen and oxygen atoms in total. The van der Waals surface area contributed by atoms with Crippen molar-refractivity contribution in [2.75, 3.05) is 13.7 Å². The normalized spacial score (nSPS) is 12.4. The van der Waals surface area contributed by atoms with E-state index in [1.165, 1.54) is 19.2 Å². The first-order valence-corrected chi connectivity index (χ1v) is 5.55. The van der Waals surface area contributed by atoms with E-state index in [0.29, 0.717) is 5.56 Å². The monoisotopic (exact) mass is 312 g/mol. The lowest BCUT2D eigenvalue weighted by molar-refractivity contribution is -0.137. The van der Waals surface area contributed by atoms with Gasteiger partial charge in [0, 0.05) is 20.2 Å². The zero-order valence-corrected chi connectivity index (χ0v) is 11.6. The van der Waals surface area contributed by atoms with Crippen molar-refractivity contribution in [1.29, 1.82) is 0 Å². The Balaban J connectivity index is 0.00000361. The van der Waals surface area contributed by atoms with Gasteiger partial charge in [-0.05, 0) is 17.7 Å². The van der Waals surface area contributed by atoms with E-state index in [1.54, 1.807) is 0 Å². The summed E-state index contributed by atoms with van der Waals surface area (Å²) in [6, 6.07) is 4.57. The smallest absolute Gasteiger partial charge is 0.370 e. The molecule has 3 N–H and O–H groups in total. The van der Waals surface area contributed by atoms with E-state index in [-0.39, 0.29) is 25.5 Å². The Morgan fingerprint density at radius 2 is 1.90 bits per heavy atom. The molecule has 1 rings (SSSR count). The van der Waals surface area contributed by atoms with E-state index in [9.17, 15) is 18.0 Å². The third-order valence-electron chi connectivity index (χ3n) is 2.54. The van der Waals surface area contributed by atoms with Crippen LogP contribution in [0.3, 0.4) is 0 Å². The van der Waals surface area contributed by atoms with Crippen LogP contribution in [0.15, 0.2) is 24.3 Å². The van der Waals surface area contributed by atoms with Crippen molar-refractivity contribution >= 4 is 18.3 Å². The van der Waals surface area contributed by atoms with Crippen LogP contribution in [0.4, 0.5) is 13.2 Å². The first-order valence-electron chi connectivity index (χ1n) is 5.55. The molecule has 0 spiro atoms. The van der Waals surface area contributed by atoms with Crippen LogP contribution in [0.2, 0.25) is 0 Å². The number of carbonyl (C=O) groups is 1. The Morgan fingerprint density at radius 1 is 1.35 bits per heavy atom. The van der Waals surface area contributed by atoms with E-state index in [4.69, 9.17) is 10.5 Å². The Morgan fingerprint density at radius 3 is 2.30 bits per heavy atom. The maximum atomic E-state index is 12.3. The van der Waals surface area contributed by atoms with Gasteiger partial charge in [0.25, 0.3) is 5.91 Å². The molecular formula is C12H16ClF3N2O2. The minimum atomic E-state index is -4.36. The molecule has 1 atom stereocenters. The second kappa shape index (κ2) is 8.08. The maximum absolute atomic E-state index is 12.3. The van der Waals surface area contributed by atoms with Crippen molar-refractivity contribution in [3.63, 3.8) is 0 Å². The highest BCUT2D eigenvalue weighted by Gasteiger charge is 2.29. The number of ether oxygens (including phenoxy) is 1. The summed E-state index contributed by atoms with van der Waals surface area (Å²) in [5, 5.41) is 2.53. The summed E-state index contributed by atoms with van der Waals surface area (Å²) in [6.45, 7) is 0.159. The molecule has 1 aromatic rings. The summed E-state index contributed by atoms with van der Waals surface area (Å²) in [5.74, 6) is -0.398. The predicted octanol–water partition coefficient (Wildman–Crippen LogP) is 1.72. The maximum Gasteiger partial charge on any atom is 0.416 e. The molecule has 1 unspecified atom stereocenters. The van der Waals surface area contributed by atoms with Gasteiger partial charge in [-0.25, -0.2) is 0 Å². The number of nitrogens with two attached hydrogens (primary N) is 1. The molecule has 0 saturated heterocycles. The van der Waals surface area contributed by atoms with E-state index < -0.39 is 23.8 Å². The molecule has 1 aromatic carbocycles. The third kappa shape index (κ3) is 5.36. The van der Waals surface area contributed by atoms with Crippen molar-refractivity contribution < 1.29 is 22.7 Å². The lowest BCUT2D eigenvalue weighted by Crippen LogP contribution is -2.40. The average molecular weight is 313 g/mol. The fourth-order valence-corrected chi connectivity index (χ4v) is 1.42. The molecule has 0 radical (unpaired) electrons. The van der Waals surface area contributed by atoms with Crippen LogP contribution in [0.5, 0.6) is 0 Å². The van der Waals surface area contributed by atoms with Gasteiger partial charge in [0.05, 0.1) is 5.56 Å². The van der Waals surface area contributed by atoms with Crippen LogP contribution >= 0.6 is 12.4 Å². The van der Waals surface area contributed by atoms with Gasteiger partial charge in [0.15, 0.2) is 0 Å².